The Bertz CT molecular complexity index is 784. The number of rotatable bonds is 5. The van der Waals surface area contributed by atoms with Gasteiger partial charge in [0.05, 0.1) is 31.5 Å². The number of carbonyl (C=O) groups excluding carboxylic acids is 1. The molecule has 7 nitrogen and oxygen atoms in total. The first kappa shape index (κ1) is 18.1. The number of carbonyl (C=O) groups is 1. The minimum absolute atomic E-state index is 0.198. The molecule has 27 heavy (non-hydrogen) atoms. The van der Waals surface area contributed by atoms with Crippen LogP contribution < -0.4 is 0 Å². The molecular weight excluding hydrogens is 342 g/mol. The molecule has 0 aliphatic carbocycles. The fourth-order valence-electron chi connectivity index (χ4n) is 4.00. The normalized spacial score (nSPS) is 20.9. The van der Waals surface area contributed by atoms with Crippen LogP contribution >= 0.6 is 0 Å². The quantitative estimate of drug-likeness (QED) is 0.805. The lowest BCUT2D eigenvalue weighted by Crippen LogP contribution is -2.45. The molecule has 2 aliphatic heterocycles. The number of nitrogens with zero attached hydrogens (tertiary/aromatic N) is 5. The molecule has 7 heteroatoms. The summed E-state index contributed by atoms with van der Waals surface area (Å²) in [6.45, 7) is 6.18. The molecule has 4 heterocycles. The van der Waals surface area contributed by atoms with Crippen molar-refractivity contribution in [3.8, 4) is 5.82 Å². The first-order valence-corrected chi connectivity index (χ1v) is 9.85. The summed E-state index contributed by atoms with van der Waals surface area (Å²) < 4.78 is 7.40. The van der Waals surface area contributed by atoms with Gasteiger partial charge >= 0.3 is 0 Å². The van der Waals surface area contributed by atoms with Gasteiger partial charge in [-0.3, -0.25) is 14.3 Å². The number of ether oxygens (including phenoxy) is 1. The van der Waals surface area contributed by atoms with Crippen molar-refractivity contribution in [1.29, 1.82) is 0 Å². The Morgan fingerprint density at radius 2 is 2.11 bits per heavy atom. The molecule has 2 aromatic heterocycles. The van der Waals surface area contributed by atoms with Gasteiger partial charge in [0.1, 0.15) is 11.6 Å². The lowest BCUT2D eigenvalue weighted by atomic mass is 10.1. The monoisotopic (exact) mass is 369 g/mol. The summed E-state index contributed by atoms with van der Waals surface area (Å²) in [4.78, 5) is 26.2. The molecule has 2 fully saturated rings. The van der Waals surface area contributed by atoms with Gasteiger partial charge in [0, 0.05) is 31.9 Å². The molecule has 4 rings (SSSR count). The molecule has 0 bridgehead atoms. The van der Waals surface area contributed by atoms with Crippen LogP contribution in [0.15, 0.2) is 30.6 Å². The van der Waals surface area contributed by atoms with Crippen molar-refractivity contribution in [2.75, 3.05) is 39.4 Å². The second-order valence-corrected chi connectivity index (χ2v) is 7.11. The van der Waals surface area contributed by atoms with Crippen LogP contribution in [0.5, 0.6) is 0 Å². The molecule has 0 saturated carbocycles. The second kappa shape index (κ2) is 8.19. The molecular formula is C20H27N5O2. The van der Waals surface area contributed by atoms with Crippen molar-refractivity contribution in [2.24, 2.45) is 0 Å². The maximum Gasteiger partial charge on any atom is 0.236 e. The van der Waals surface area contributed by atoms with Gasteiger partial charge in [-0.15, -0.1) is 0 Å². The highest BCUT2D eigenvalue weighted by Crippen LogP contribution is 2.31. The molecule has 0 N–H and O–H groups in total. The molecule has 1 atom stereocenters. The van der Waals surface area contributed by atoms with Gasteiger partial charge in [0.25, 0.3) is 0 Å². The number of hydrogen-bond donors (Lipinski definition) is 0. The summed E-state index contributed by atoms with van der Waals surface area (Å²) in [6.07, 6.45) is 6.77. The van der Waals surface area contributed by atoms with E-state index in [4.69, 9.17) is 9.72 Å². The van der Waals surface area contributed by atoms with Crippen LogP contribution in [-0.2, 0) is 16.0 Å². The number of hydrogen-bond acceptors (Lipinski definition) is 5. The van der Waals surface area contributed by atoms with Crippen molar-refractivity contribution in [2.45, 2.75) is 32.2 Å². The van der Waals surface area contributed by atoms with Gasteiger partial charge in [-0.05, 0) is 31.5 Å². The van der Waals surface area contributed by atoms with Gasteiger partial charge in [0.15, 0.2) is 0 Å². The van der Waals surface area contributed by atoms with E-state index in [-0.39, 0.29) is 11.9 Å². The smallest absolute Gasteiger partial charge is 0.236 e. The minimum Gasteiger partial charge on any atom is -0.378 e. The SMILES string of the molecule is CCc1nccn1-c1cccc(C2CCCN2CC(=O)N2CCOCC2)n1. The minimum atomic E-state index is 0.198. The molecule has 144 valence electrons. The Hall–Kier alpha value is -2.25. The Morgan fingerprint density at radius 1 is 1.26 bits per heavy atom. The number of morpholine rings is 1. The maximum atomic E-state index is 12.7. The maximum absolute atomic E-state index is 12.7. The Labute approximate surface area is 160 Å². The fraction of sp³-hybridized carbons (Fsp3) is 0.550. The third kappa shape index (κ3) is 3.89. The molecule has 0 aromatic carbocycles. The van der Waals surface area contributed by atoms with E-state index in [2.05, 4.69) is 28.9 Å². The summed E-state index contributed by atoms with van der Waals surface area (Å²) in [5.41, 5.74) is 1.04. The second-order valence-electron chi connectivity index (χ2n) is 7.11. The number of aromatic nitrogens is 3. The van der Waals surface area contributed by atoms with Crippen molar-refractivity contribution in [3.63, 3.8) is 0 Å². The van der Waals surface area contributed by atoms with Crippen LogP contribution in [0.4, 0.5) is 0 Å². The van der Waals surface area contributed by atoms with Crippen molar-refractivity contribution in [1.82, 2.24) is 24.3 Å². The van der Waals surface area contributed by atoms with E-state index in [0.717, 1.165) is 43.1 Å². The summed E-state index contributed by atoms with van der Waals surface area (Å²) in [5, 5.41) is 0. The van der Waals surface area contributed by atoms with Gasteiger partial charge in [-0.25, -0.2) is 9.97 Å². The number of imidazole rings is 1. The van der Waals surface area contributed by atoms with Crippen LogP contribution in [-0.4, -0.2) is 69.6 Å². The van der Waals surface area contributed by atoms with E-state index in [1.165, 1.54) is 0 Å². The van der Waals surface area contributed by atoms with Crippen LogP contribution in [0.1, 0.15) is 37.3 Å². The van der Waals surface area contributed by atoms with Crippen LogP contribution in [0.2, 0.25) is 0 Å². The Balaban J connectivity index is 1.50. The molecule has 0 spiro atoms. The van der Waals surface area contributed by atoms with Crippen molar-refractivity contribution >= 4 is 5.91 Å². The predicted octanol–water partition coefficient (Wildman–Crippen LogP) is 1.83. The summed E-state index contributed by atoms with van der Waals surface area (Å²) in [5.74, 6) is 2.10. The molecule has 1 unspecified atom stereocenters. The predicted molar refractivity (Wildman–Crippen MR) is 102 cm³/mol. The summed E-state index contributed by atoms with van der Waals surface area (Å²) in [7, 11) is 0. The zero-order valence-corrected chi connectivity index (χ0v) is 15.9. The number of likely N-dealkylation sites (tertiary alicyclic amines) is 1. The van der Waals surface area contributed by atoms with E-state index in [0.29, 0.717) is 32.8 Å². The third-order valence-electron chi connectivity index (χ3n) is 5.44. The van der Waals surface area contributed by atoms with E-state index in [1.54, 1.807) is 0 Å². The van der Waals surface area contributed by atoms with E-state index in [1.807, 2.05) is 27.9 Å². The summed E-state index contributed by atoms with van der Waals surface area (Å²) in [6, 6.07) is 6.34. The highest BCUT2D eigenvalue weighted by molar-refractivity contribution is 5.78. The number of amides is 1. The van der Waals surface area contributed by atoms with E-state index < -0.39 is 0 Å². The van der Waals surface area contributed by atoms with Gasteiger partial charge in [-0.2, -0.15) is 0 Å². The highest BCUT2D eigenvalue weighted by Gasteiger charge is 2.30. The molecule has 2 saturated heterocycles. The van der Waals surface area contributed by atoms with Crippen LogP contribution in [0, 0.1) is 0 Å². The average molecular weight is 369 g/mol. The standard InChI is InChI=1S/C20H27N5O2/c1-2-18-21-8-10-25(18)19-7-3-5-16(22-19)17-6-4-9-24(17)15-20(26)23-11-13-27-14-12-23/h3,5,7-8,10,17H,2,4,6,9,11-15H2,1H3. The molecule has 0 radical (unpaired) electrons. The summed E-state index contributed by atoms with van der Waals surface area (Å²) >= 11 is 0. The average Bonchev–Trinajstić information content (AvgIpc) is 3.38. The third-order valence-corrected chi connectivity index (χ3v) is 5.44. The topological polar surface area (TPSA) is 63.5 Å². The van der Waals surface area contributed by atoms with E-state index >= 15 is 0 Å². The zero-order valence-electron chi connectivity index (χ0n) is 15.9. The number of aryl methyl sites for hydroxylation is 1. The zero-order chi connectivity index (χ0) is 18.6. The van der Waals surface area contributed by atoms with Crippen LogP contribution in [0.25, 0.3) is 5.82 Å². The lowest BCUT2D eigenvalue weighted by molar-refractivity contribution is -0.136. The van der Waals surface area contributed by atoms with E-state index in [9.17, 15) is 4.79 Å². The van der Waals surface area contributed by atoms with Gasteiger partial charge in [0.2, 0.25) is 5.91 Å². The Morgan fingerprint density at radius 3 is 2.93 bits per heavy atom. The van der Waals surface area contributed by atoms with Gasteiger partial charge in [-0.1, -0.05) is 13.0 Å². The Kier molecular flexibility index (Phi) is 5.50. The molecule has 2 aliphatic rings. The van der Waals surface area contributed by atoms with Gasteiger partial charge < -0.3 is 9.64 Å². The molecule has 2 aromatic rings. The first-order valence-electron chi connectivity index (χ1n) is 9.85. The van der Waals surface area contributed by atoms with Crippen LogP contribution in [0.3, 0.4) is 0 Å². The largest absolute Gasteiger partial charge is 0.378 e. The number of pyridine rings is 1. The lowest BCUT2D eigenvalue weighted by Gasteiger charge is -2.30. The first-order chi connectivity index (χ1) is 13.3. The molecule has 1 amide bonds. The highest BCUT2D eigenvalue weighted by atomic mass is 16.5. The van der Waals surface area contributed by atoms with Crippen molar-refractivity contribution < 1.29 is 9.53 Å². The fourth-order valence-corrected chi connectivity index (χ4v) is 4.00. The van der Waals surface area contributed by atoms with Crippen molar-refractivity contribution in [3.05, 3.63) is 42.1 Å².